The number of halogens is 2. The van der Waals surface area contributed by atoms with Crippen LogP contribution in [0.5, 0.6) is 0 Å². The number of carbonyl (C=O) groups excluding carboxylic acids is 1. The molecular formula is C13H28Cl2O. The Morgan fingerprint density at radius 2 is 1.12 bits per heavy atom. The van der Waals surface area contributed by atoms with E-state index in [0.29, 0.717) is 30.4 Å². The van der Waals surface area contributed by atoms with Crippen molar-refractivity contribution in [1.29, 1.82) is 0 Å². The molecule has 0 heterocycles. The highest BCUT2D eigenvalue weighted by molar-refractivity contribution is 6.25. The molecule has 0 fully saturated rings. The molecule has 0 aliphatic carbocycles. The Bertz CT molecular complexity index is 105. The summed E-state index contributed by atoms with van der Waals surface area (Å²) >= 11 is 10.1. The van der Waals surface area contributed by atoms with Gasteiger partial charge < -0.3 is 0 Å². The van der Waals surface area contributed by atoms with E-state index in [1.54, 1.807) is 0 Å². The van der Waals surface area contributed by atoms with Gasteiger partial charge in [-0.15, -0.1) is 23.2 Å². The van der Waals surface area contributed by atoms with E-state index in [1.807, 2.05) is 13.8 Å². The summed E-state index contributed by atoms with van der Waals surface area (Å²) in [5, 5.41) is 0. The van der Waals surface area contributed by atoms with E-state index in [1.165, 1.54) is 25.7 Å². The molecule has 0 aromatic rings. The molecule has 0 saturated heterocycles. The number of alkyl halides is 2. The van der Waals surface area contributed by atoms with Gasteiger partial charge in [-0.05, 0) is 0 Å². The van der Waals surface area contributed by atoms with Crippen molar-refractivity contribution >= 4 is 29.0 Å². The third-order valence-electron chi connectivity index (χ3n) is 1.82. The first kappa shape index (κ1) is 21.5. The largest absolute Gasteiger partial charge is 0.300 e. The van der Waals surface area contributed by atoms with Crippen LogP contribution in [0.15, 0.2) is 0 Å². The van der Waals surface area contributed by atoms with E-state index in [-0.39, 0.29) is 0 Å². The summed E-state index contributed by atoms with van der Waals surface area (Å²) in [6.45, 7) is 8.23. The van der Waals surface area contributed by atoms with Crippen LogP contribution in [0.1, 0.15) is 66.2 Å². The molecular weight excluding hydrogens is 243 g/mol. The van der Waals surface area contributed by atoms with Crippen LogP contribution in [0.25, 0.3) is 0 Å². The summed E-state index contributed by atoms with van der Waals surface area (Å²) in [5.41, 5.74) is 0. The predicted octanol–water partition coefficient (Wildman–Crippen LogP) is 5.43. The van der Waals surface area contributed by atoms with Crippen LogP contribution in [0.2, 0.25) is 0 Å². The second-order valence-corrected chi connectivity index (χ2v) is 4.09. The Balaban J connectivity index is -0.000000162. The number of unbranched alkanes of at least 4 members (excludes halogenated alkanes) is 3. The zero-order chi connectivity index (χ0) is 13.2. The van der Waals surface area contributed by atoms with Gasteiger partial charge in [-0.1, -0.05) is 53.4 Å². The van der Waals surface area contributed by atoms with Gasteiger partial charge in [0.2, 0.25) is 0 Å². The lowest BCUT2D eigenvalue weighted by Gasteiger charge is -1.86. The zero-order valence-electron chi connectivity index (χ0n) is 11.3. The lowest BCUT2D eigenvalue weighted by atomic mass is 10.2. The first-order valence-electron chi connectivity index (χ1n) is 6.27. The lowest BCUT2D eigenvalue weighted by molar-refractivity contribution is -0.118. The highest BCUT2D eigenvalue weighted by Gasteiger charge is 1.86. The van der Waals surface area contributed by atoms with Crippen molar-refractivity contribution in [3.63, 3.8) is 0 Å². The number of carbonyl (C=O) groups is 1. The van der Waals surface area contributed by atoms with E-state index in [4.69, 9.17) is 23.2 Å². The minimum absolute atomic E-state index is 0.343. The molecule has 0 rings (SSSR count). The molecule has 0 aromatic carbocycles. The van der Waals surface area contributed by atoms with Crippen molar-refractivity contribution in [2.24, 2.45) is 0 Å². The molecule has 3 heteroatoms. The maximum atomic E-state index is 10.2. The molecule has 16 heavy (non-hydrogen) atoms. The molecule has 0 aliphatic heterocycles. The van der Waals surface area contributed by atoms with Crippen molar-refractivity contribution in [2.75, 3.05) is 11.8 Å². The van der Waals surface area contributed by atoms with Crippen molar-refractivity contribution in [3.05, 3.63) is 0 Å². The second-order valence-electron chi connectivity index (χ2n) is 3.33. The Labute approximate surface area is 112 Å². The first-order chi connectivity index (χ1) is 7.64. The van der Waals surface area contributed by atoms with Crippen molar-refractivity contribution < 1.29 is 4.79 Å². The van der Waals surface area contributed by atoms with E-state index >= 15 is 0 Å². The number of Topliss-reactive ketones (excluding diaryl/α,β-unsaturated/α-hetero) is 1. The predicted molar refractivity (Wildman–Crippen MR) is 76.8 cm³/mol. The van der Waals surface area contributed by atoms with Gasteiger partial charge in [-0.3, -0.25) is 4.79 Å². The minimum Gasteiger partial charge on any atom is -0.300 e. The average molecular weight is 271 g/mol. The van der Waals surface area contributed by atoms with E-state index in [9.17, 15) is 4.79 Å². The summed E-state index contributed by atoms with van der Waals surface area (Å²) in [5.74, 6) is 1.46. The van der Waals surface area contributed by atoms with Gasteiger partial charge in [0.05, 0.1) is 0 Å². The molecule has 0 atom stereocenters. The summed E-state index contributed by atoms with van der Waals surface area (Å²) in [4.78, 5) is 10.2. The van der Waals surface area contributed by atoms with Gasteiger partial charge in [0.1, 0.15) is 5.78 Å². The first-order valence-corrected chi connectivity index (χ1v) is 7.34. The fourth-order valence-corrected chi connectivity index (χ4v) is 0.750. The smallest absolute Gasteiger partial charge is 0.132 e. The molecule has 0 unspecified atom stereocenters. The van der Waals surface area contributed by atoms with Gasteiger partial charge in [-0.2, -0.15) is 0 Å². The van der Waals surface area contributed by atoms with Crippen molar-refractivity contribution in [3.8, 4) is 0 Å². The average Bonchev–Trinajstić information content (AvgIpc) is 2.36. The van der Waals surface area contributed by atoms with E-state index < -0.39 is 0 Å². The van der Waals surface area contributed by atoms with Crippen LogP contribution in [-0.2, 0) is 4.79 Å². The van der Waals surface area contributed by atoms with E-state index in [2.05, 4.69) is 13.8 Å². The van der Waals surface area contributed by atoms with Crippen LogP contribution < -0.4 is 0 Å². The molecule has 0 aromatic heterocycles. The third-order valence-corrected chi connectivity index (χ3v) is 2.39. The third kappa shape index (κ3) is 36.8. The monoisotopic (exact) mass is 270 g/mol. The Morgan fingerprint density at radius 3 is 1.19 bits per heavy atom. The number of hydrogen-bond donors (Lipinski definition) is 0. The standard InChI is InChI=1S/C6H14.C5H10O.C2H4Cl2/c1-3-5-6-4-2;1-3-5(6)4-2;3-1-2-4/h3-6H2,1-2H3;3-4H2,1-2H3;1-2H2. The number of ketones is 1. The fraction of sp³-hybridized carbons (Fsp3) is 0.923. The van der Waals surface area contributed by atoms with Gasteiger partial charge in [0, 0.05) is 24.6 Å². The topological polar surface area (TPSA) is 17.1 Å². The summed E-state index contributed by atoms with van der Waals surface area (Å²) in [6.07, 6.45) is 6.92. The van der Waals surface area contributed by atoms with Crippen LogP contribution >= 0.6 is 23.2 Å². The minimum atomic E-state index is 0.343. The highest BCUT2D eigenvalue weighted by atomic mass is 35.5. The highest BCUT2D eigenvalue weighted by Crippen LogP contribution is 1.95. The van der Waals surface area contributed by atoms with Crippen LogP contribution in [-0.4, -0.2) is 17.5 Å². The summed E-state index contributed by atoms with van der Waals surface area (Å²) < 4.78 is 0. The molecule has 100 valence electrons. The van der Waals surface area contributed by atoms with Crippen LogP contribution in [0.3, 0.4) is 0 Å². The van der Waals surface area contributed by atoms with E-state index in [0.717, 1.165) is 0 Å². The number of rotatable bonds is 6. The van der Waals surface area contributed by atoms with Crippen molar-refractivity contribution in [2.45, 2.75) is 66.2 Å². The second kappa shape index (κ2) is 24.5. The quantitative estimate of drug-likeness (QED) is 0.465. The molecule has 0 N–H and O–H groups in total. The Kier molecular flexibility index (Phi) is 32.9. The number of hydrogen-bond acceptors (Lipinski definition) is 1. The molecule has 0 spiro atoms. The Morgan fingerprint density at radius 1 is 0.812 bits per heavy atom. The molecule has 0 aliphatic rings. The van der Waals surface area contributed by atoms with Gasteiger partial charge in [-0.25, -0.2) is 0 Å². The molecule has 0 amide bonds. The summed E-state index contributed by atoms with van der Waals surface area (Å²) in [7, 11) is 0. The van der Waals surface area contributed by atoms with Gasteiger partial charge in [0.25, 0.3) is 0 Å². The van der Waals surface area contributed by atoms with Crippen LogP contribution in [0.4, 0.5) is 0 Å². The molecule has 0 saturated carbocycles. The Hall–Kier alpha value is 0.250. The summed E-state index contributed by atoms with van der Waals surface area (Å²) in [6, 6.07) is 0. The fourth-order valence-electron chi connectivity index (χ4n) is 0.750. The normalized spacial score (nSPS) is 8.38. The van der Waals surface area contributed by atoms with Crippen LogP contribution in [0, 0.1) is 0 Å². The maximum Gasteiger partial charge on any atom is 0.132 e. The maximum absolute atomic E-state index is 10.2. The molecule has 0 radical (unpaired) electrons. The van der Waals surface area contributed by atoms with Gasteiger partial charge in [0.15, 0.2) is 0 Å². The van der Waals surface area contributed by atoms with Crippen molar-refractivity contribution in [1.82, 2.24) is 0 Å². The SMILES string of the molecule is CCC(=O)CC.CCCCCC.ClCCCl. The molecule has 1 nitrogen and oxygen atoms in total. The van der Waals surface area contributed by atoms with Gasteiger partial charge >= 0.3 is 0 Å². The lowest BCUT2D eigenvalue weighted by Crippen LogP contribution is -1.88. The molecule has 0 bridgehead atoms. The zero-order valence-corrected chi connectivity index (χ0v) is 12.8.